The number of amides is 1. The van der Waals surface area contributed by atoms with E-state index in [1.165, 1.54) is 29.2 Å². The van der Waals surface area contributed by atoms with Gasteiger partial charge < -0.3 is 20.2 Å². The number of nitrogens with zero attached hydrogens (tertiary/aromatic N) is 1. The number of halogens is 1. The molecule has 0 radical (unpaired) electrons. The number of carbonyl (C=O) groups excluding carboxylic acids is 1. The van der Waals surface area contributed by atoms with Crippen LogP contribution in [0.15, 0.2) is 24.3 Å². The van der Waals surface area contributed by atoms with Crippen LogP contribution in [0.3, 0.4) is 0 Å². The van der Waals surface area contributed by atoms with E-state index in [-0.39, 0.29) is 31.2 Å². The molecule has 3 N–H and O–H groups in total. The van der Waals surface area contributed by atoms with E-state index in [9.17, 15) is 29.3 Å². The number of aliphatic carboxylic acids is 1. The first-order valence-corrected chi connectivity index (χ1v) is 8.44. The van der Waals surface area contributed by atoms with Gasteiger partial charge in [-0.1, -0.05) is 12.1 Å². The Balaban J connectivity index is 1.81. The van der Waals surface area contributed by atoms with Crippen molar-refractivity contribution in [1.29, 1.82) is 0 Å². The third-order valence-corrected chi connectivity index (χ3v) is 5.42. The van der Waals surface area contributed by atoms with Crippen LogP contribution < -0.4 is 0 Å². The highest BCUT2D eigenvalue weighted by Gasteiger charge is 2.51. The Labute approximate surface area is 144 Å². The summed E-state index contributed by atoms with van der Waals surface area (Å²) < 4.78 is 13.1. The van der Waals surface area contributed by atoms with E-state index in [0.29, 0.717) is 24.9 Å². The van der Waals surface area contributed by atoms with Crippen molar-refractivity contribution in [2.75, 3.05) is 13.1 Å². The van der Waals surface area contributed by atoms with Crippen LogP contribution in [-0.4, -0.2) is 57.4 Å². The Morgan fingerprint density at radius 1 is 1.20 bits per heavy atom. The smallest absolute Gasteiger partial charge is 0.314 e. The summed E-state index contributed by atoms with van der Waals surface area (Å²) in [7, 11) is 0. The van der Waals surface area contributed by atoms with E-state index in [1.54, 1.807) is 0 Å². The summed E-state index contributed by atoms with van der Waals surface area (Å²) in [6.07, 6.45) is -0.569. The molecule has 0 unspecified atom stereocenters. The number of hydrogen-bond acceptors (Lipinski definition) is 4. The minimum atomic E-state index is -1.52. The van der Waals surface area contributed by atoms with Crippen molar-refractivity contribution in [3.63, 3.8) is 0 Å². The van der Waals surface area contributed by atoms with E-state index in [1.807, 2.05) is 0 Å². The van der Waals surface area contributed by atoms with Gasteiger partial charge in [-0.05, 0) is 43.4 Å². The van der Waals surface area contributed by atoms with Gasteiger partial charge in [-0.2, -0.15) is 0 Å². The fourth-order valence-corrected chi connectivity index (χ4v) is 3.74. The first kappa shape index (κ1) is 17.8. The van der Waals surface area contributed by atoms with Crippen LogP contribution in [0.2, 0.25) is 0 Å². The highest BCUT2D eigenvalue weighted by Crippen LogP contribution is 2.37. The number of aliphatic hydroxyl groups is 2. The van der Waals surface area contributed by atoms with Gasteiger partial charge in [0.05, 0.1) is 12.2 Å². The van der Waals surface area contributed by atoms with Crippen LogP contribution in [0.5, 0.6) is 0 Å². The molecule has 1 aromatic rings. The lowest BCUT2D eigenvalue weighted by Crippen LogP contribution is -2.59. The fraction of sp³-hybridized carbons (Fsp3) is 0.556. The first-order valence-electron chi connectivity index (χ1n) is 8.44. The molecule has 1 aromatic carbocycles. The minimum Gasteiger partial charge on any atom is -0.481 e. The van der Waals surface area contributed by atoms with Crippen molar-refractivity contribution in [2.24, 2.45) is 11.3 Å². The highest BCUT2D eigenvalue weighted by molar-refractivity contribution is 5.82. The molecule has 136 valence electrons. The Morgan fingerprint density at radius 3 is 2.40 bits per heavy atom. The maximum atomic E-state index is 13.1. The zero-order valence-electron chi connectivity index (χ0n) is 13.8. The predicted octanol–water partition coefficient (Wildman–Crippen LogP) is 0.803. The number of likely N-dealkylation sites (tertiary alicyclic amines) is 1. The Kier molecular flexibility index (Phi) is 4.79. The Morgan fingerprint density at radius 2 is 1.84 bits per heavy atom. The van der Waals surface area contributed by atoms with Crippen molar-refractivity contribution in [3.8, 4) is 0 Å². The van der Waals surface area contributed by atoms with Crippen molar-refractivity contribution in [1.82, 2.24) is 4.90 Å². The number of carboxylic acids is 1. The summed E-state index contributed by atoms with van der Waals surface area (Å²) >= 11 is 0. The molecule has 0 bridgehead atoms. The molecular weight excluding hydrogens is 329 g/mol. The molecule has 1 amide bonds. The molecule has 3 rings (SSSR count). The van der Waals surface area contributed by atoms with Gasteiger partial charge in [0.25, 0.3) is 0 Å². The maximum Gasteiger partial charge on any atom is 0.314 e. The lowest BCUT2D eigenvalue weighted by atomic mass is 9.72. The van der Waals surface area contributed by atoms with Crippen molar-refractivity contribution >= 4 is 11.9 Å². The number of hydrogen-bond donors (Lipinski definition) is 3. The molecule has 7 heteroatoms. The van der Waals surface area contributed by atoms with Crippen LogP contribution in [-0.2, 0) is 16.0 Å². The highest BCUT2D eigenvalue weighted by atomic mass is 19.1. The maximum absolute atomic E-state index is 13.1. The molecule has 2 atom stereocenters. The van der Waals surface area contributed by atoms with E-state index >= 15 is 0 Å². The Bertz CT molecular complexity index is 658. The van der Waals surface area contributed by atoms with Crippen LogP contribution in [0, 0.1) is 17.2 Å². The average Bonchev–Trinajstić information content (AvgIpc) is 2.55. The van der Waals surface area contributed by atoms with Crippen molar-refractivity contribution in [3.05, 3.63) is 35.6 Å². The number of piperidine rings is 1. The monoisotopic (exact) mass is 351 g/mol. The number of aliphatic hydroxyl groups excluding tert-OH is 2. The van der Waals surface area contributed by atoms with Crippen molar-refractivity contribution in [2.45, 2.75) is 37.9 Å². The second-order valence-electron chi connectivity index (χ2n) is 7.15. The van der Waals surface area contributed by atoms with Crippen LogP contribution in [0.4, 0.5) is 4.39 Å². The third-order valence-electron chi connectivity index (χ3n) is 5.42. The number of carbonyl (C=O) groups is 2. The first-order chi connectivity index (χ1) is 11.8. The predicted molar refractivity (Wildman–Crippen MR) is 86.1 cm³/mol. The van der Waals surface area contributed by atoms with Crippen LogP contribution in [0.25, 0.3) is 0 Å². The summed E-state index contributed by atoms with van der Waals surface area (Å²) in [6.45, 7) is 0.206. The second-order valence-corrected chi connectivity index (χ2v) is 7.15. The molecule has 25 heavy (non-hydrogen) atoms. The molecule has 1 saturated carbocycles. The molecular formula is C18H22FNO5. The Hall–Kier alpha value is -1.99. The van der Waals surface area contributed by atoms with Gasteiger partial charge in [-0.15, -0.1) is 0 Å². The summed E-state index contributed by atoms with van der Waals surface area (Å²) in [5.74, 6) is -2.03. The van der Waals surface area contributed by atoms with Crippen molar-refractivity contribution < 1.29 is 29.3 Å². The fourth-order valence-electron chi connectivity index (χ4n) is 3.74. The summed E-state index contributed by atoms with van der Waals surface area (Å²) in [5.41, 5.74) is -0.926. The van der Waals surface area contributed by atoms with E-state index in [4.69, 9.17) is 0 Å². The van der Waals surface area contributed by atoms with Gasteiger partial charge in [0.15, 0.2) is 0 Å². The van der Waals surface area contributed by atoms with E-state index in [0.717, 1.165) is 0 Å². The van der Waals surface area contributed by atoms with Gasteiger partial charge in [-0.3, -0.25) is 9.59 Å². The molecule has 2 aliphatic rings. The molecule has 0 aromatic heterocycles. The third kappa shape index (κ3) is 3.39. The van der Waals surface area contributed by atoms with Gasteiger partial charge in [0, 0.05) is 19.0 Å². The standard InChI is InChI=1S/C18H22FNO5/c19-13-3-1-11(2-4-13)9-18(17(24)25)10-20(6-5-15(18)22)16(23)12-7-14(21)8-12/h1-4,12,14-15,21-22H,5-10H2,(H,24,25)/t12?,14?,15-,18-/m1/s1. The van der Waals surface area contributed by atoms with E-state index in [2.05, 4.69) is 0 Å². The molecule has 1 aliphatic heterocycles. The lowest BCUT2D eigenvalue weighted by Gasteiger charge is -2.45. The number of carboxylic acid groups (broad SMARTS) is 1. The molecule has 1 aliphatic carbocycles. The molecule has 1 heterocycles. The SMILES string of the molecule is O=C(C1CC(O)C1)N1CC[C@@H](O)[C@](Cc2ccc(F)cc2)(C(=O)O)C1. The van der Waals surface area contributed by atoms with Gasteiger partial charge >= 0.3 is 5.97 Å². The zero-order chi connectivity index (χ0) is 18.2. The topological polar surface area (TPSA) is 98.1 Å². The normalized spacial score (nSPS) is 32.1. The minimum absolute atomic E-state index is 0.0147. The summed E-state index contributed by atoms with van der Waals surface area (Å²) in [4.78, 5) is 26.0. The molecule has 0 spiro atoms. The average molecular weight is 351 g/mol. The van der Waals surface area contributed by atoms with E-state index < -0.39 is 29.4 Å². The van der Waals surface area contributed by atoms with Crippen LogP contribution >= 0.6 is 0 Å². The van der Waals surface area contributed by atoms with Gasteiger partial charge in [0.1, 0.15) is 11.2 Å². The molecule has 6 nitrogen and oxygen atoms in total. The second kappa shape index (κ2) is 6.72. The lowest BCUT2D eigenvalue weighted by molar-refractivity contribution is -0.168. The zero-order valence-corrected chi connectivity index (χ0v) is 13.8. The quantitative estimate of drug-likeness (QED) is 0.745. The summed E-state index contributed by atoms with van der Waals surface area (Å²) in [5, 5.41) is 29.6. The number of rotatable bonds is 4. The number of benzene rings is 1. The van der Waals surface area contributed by atoms with Gasteiger partial charge in [-0.25, -0.2) is 4.39 Å². The largest absolute Gasteiger partial charge is 0.481 e. The van der Waals surface area contributed by atoms with Crippen LogP contribution in [0.1, 0.15) is 24.8 Å². The molecule has 2 fully saturated rings. The molecule has 1 saturated heterocycles. The summed E-state index contributed by atoms with van der Waals surface area (Å²) in [6, 6.07) is 5.49. The van der Waals surface area contributed by atoms with Gasteiger partial charge in [0.2, 0.25) is 5.91 Å².